The number of aliphatic hydroxyl groups excluding tert-OH is 1. The van der Waals surface area contributed by atoms with E-state index in [0.29, 0.717) is 18.9 Å². The van der Waals surface area contributed by atoms with Gasteiger partial charge in [-0.3, -0.25) is 4.79 Å². The van der Waals surface area contributed by atoms with Crippen LogP contribution in [0.25, 0.3) is 0 Å². The molecule has 0 saturated carbocycles. The number of aliphatic hydroxyl groups is 1. The number of amides is 1. The Morgan fingerprint density at radius 3 is 2.88 bits per heavy atom. The lowest BCUT2D eigenvalue weighted by atomic mass is 10.1. The number of hydrogen-bond acceptors (Lipinski definition) is 3. The number of carbonyl (C=O) groups is 1. The normalized spacial score (nSPS) is 12.8. The number of carbonyl (C=O) groups excluding carboxylic acids is 1. The Morgan fingerprint density at radius 2 is 2.29 bits per heavy atom. The third kappa shape index (κ3) is 4.19. The second-order valence-corrected chi connectivity index (χ2v) is 4.49. The first-order valence-electron chi connectivity index (χ1n) is 6.00. The fourth-order valence-corrected chi connectivity index (χ4v) is 1.63. The van der Waals surface area contributed by atoms with Gasteiger partial charge in [0, 0.05) is 18.9 Å². The summed E-state index contributed by atoms with van der Waals surface area (Å²) in [6.45, 7) is 7.13. The van der Waals surface area contributed by atoms with Crippen LogP contribution in [0.4, 0.5) is 0 Å². The Kier molecular flexibility index (Phi) is 5.15. The number of hydrogen-bond donors (Lipinski definition) is 2. The van der Waals surface area contributed by atoms with Crippen LogP contribution in [0.2, 0.25) is 0 Å². The Hall–Kier alpha value is -1.36. The van der Waals surface area contributed by atoms with Crippen molar-refractivity contribution in [2.45, 2.75) is 46.4 Å². The van der Waals surface area contributed by atoms with Crippen molar-refractivity contribution in [3.8, 4) is 0 Å². The van der Waals surface area contributed by atoms with E-state index < -0.39 is 6.10 Å². The molecule has 5 nitrogen and oxygen atoms in total. The molecule has 0 spiro atoms. The first kappa shape index (κ1) is 13.7. The molecule has 0 aliphatic carbocycles. The van der Waals surface area contributed by atoms with Crippen LogP contribution >= 0.6 is 0 Å². The largest absolute Gasteiger partial charge is 0.383 e. The van der Waals surface area contributed by atoms with Crippen LogP contribution in [-0.2, 0) is 17.9 Å². The van der Waals surface area contributed by atoms with Gasteiger partial charge in [0.15, 0.2) is 0 Å². The molecule has 1 aromatic heterocycles. The van der Waals surface area contributed by atoms with Crippen LogP contribution in [0.1, 0.15) is 33.0 Å². The van der Waals surface area contributed by atoms with E-state index in [0.717, 1.165) is 12.4 Å². The molecule has 5 heteroatoms. The van der Waals surface area contributed by atoms with Gasteiger partial charge >= 0.3 is 0 Å². The van der Waals surface area contributed by atoms with Crippen LogP contribution in [0, 0.1) is 5.92 Å². The topological polar surface area (TPSA) is 67.2 Å². The standard InChI is InChI=1S/C12H21N3O2/c1-4-15-6-5-13-11(15)8-14-12(17)10(16)7-9(2)3/h5-6,9-10,16H,4,7-8H2,1-3H3,(H,14,17). The van der Waals surface area contributed by atoms with Crippen molar-refractivity contribution in [1.82, 2.24) is 14.9 Å². The molecule has 0 aliphatic heterocycles. The number of nitrogens with zero attached hydrogens (tertiary/aromatic N) is 2. The zero-order chi connectivity index (χ0) is 12.8. The molecule has 1 heterocycles. The molecule has 1 aromatic rings. The highest BCUT2D eigenvalue weighted by Crippen LogP contribution is 2.04. The van der Waals surface area contributed by atoms with E-state index in [1.165, 1.54) is 0 Å². The van der Waals surface area contributed by atoms with Gasteiger partial charge < -0.3 is 15.0 Å². The molecule has 0 aromatic carbocycles. The zero-order valence-electron chi connectivity index (χ0n) is 10.7. The SMILES string of the molecule is CCn1ccnc1CNC(=O)C(O)CC(C)C. The molecule has 1 unspecified atom stereocenters. The number of aryl methyl sites for hydroxylation is 1. The van der Waals surface area contributed by atoms with Gasteiger partial charge in [-0.25, -0.2) is 4.98 Å². The maximum absolute atomic E-state index is 11.6. The smallest absolute Gasteiger partial charge is 0.249 e. The summed E-state index contributed by atoms with van der Waals surface area (Å²) in [4.78, 5) is 15.7. The predicted octanol–water partition coefficient (Wildman–Crippen LogP) is 0.926. The minimum atomic E-state index is -0.931. The summed E-state index contributed by atoms with van der Waals surface area (Å²) in [7, 11) is 0. The maximum Gasteiger partial charge on any atom is 0.249 e. The van der Waals surface area contributed by atoms with E-state index in [9.17, 15) is 9.90 Å². The molecule has 1 rings (SSSR count). The first-order chi connectivity index (χ1) is 8.04. The number of aromatic nitrogens is 2. The Balaban J connectivity index is 2.43. The van der Waals surface area contributed by atoms with Crippen molar-refractivity contribution in [1.29, 1.82) is 0 Å². The lowest BCUT2D eigenvalue weighted by Crippen LogP contribution is -2.35. The second kappa shape index (κ2) is 6.39. The molecule has 17 heavy (non-hydrogen) atoms. The number of imidazole rings is 1. The van der Waals surface area contributed by atoms with Gasteiger partial charge in [0.2, 0.25) is 5.91 Å². The molecule has 0 aliphatic rings. The Labute approximate surface area is 102 Å². The summed E-state index contributed by atoms with van der Waals surface area (Å²) < 4.78 is 1.95. The quantitative estimate of drug-likeness (QED) is 0.776. The van der Waals surface area contributed by atoms with Gasteiger partial charge in [-0.2, -0.15) is 0 Å². The van der Waals surface area contributed by atoms with E-state index in [-0.39, 0.29) is 5.91 Å². The second-order valence-electron chi connectivity index (χ2n) is 4.49. The molecule has 0 radical (unpaired) electrons. The van der Waals surface area contributed by atoms with Crippen molar-refractivity contribution in [2.24, 2.45) is 5.92 Å². The molecular formula is C12H21N3O2. The van der Waals surface area contributed by atoms with E-state index in [2.05, 4.69) is 10.3 Å². The lowest BCUT2D eigenvalue weighted by Gasteiger charge is -2.13. The molecule has 0 saturated heterocycles. The van der Waals surface area contributed by atoms with E-state index >= 15 is 0 Å². The van der Waals surface area contributed by atoms with Crippen molar-refractivity contribution >= 4 is 5.91 Å². The molecule has 1 atom stereocenters. The van der Waals surface area contributed by atoms with E-state index in [1.54, 1.807) is 6.20 Å². The van der Waals surface area contributed by atoms with Gasteiger partial charge in [0.05, 0.1) is 6.54 Å². The predicted molar refractivity (Wildman–Crippen MR) is 65.2 cm³/mol. The van der Waals surface area contributed by atoms with Crippen LogP contribution < -0.4 is 5.32 Å². The van der Waals surface area contributed by atoms with Crippen LogP contribution in [-0.4, -0.2) is 26.7 Å². The van der Waals surface area contributed by atoms with Gasteiger partial charge in [-0.15, -0.1) is 0 Å². The van der Waals surface area contributed by atoms with Gasteiger partial charge in [-0.1, -0.05) is 13.8 Å². The van der Waals surface area contributed by atoms with Crippen molar-refractivity contribution in [3.63, 3.8) is 0 Å². The fraction of sp³-hybridized carbons (Fsp3) is 0.667. The van der Waals surface area contributed by atoms with Crippen molar-refractivity contribution < 1.29 is 9.90 Å². The highest BCUT2D eigenvalue weighted by Gasteiger charge is 2.16. The molecule has 1 amide bonds. The third-order valence-corrected chi connectivity index (χ3v) is 2.56. The van der Waals surface area contributed by atoms with Crippen LogP contribution in [0.15, 0.2) is 12.4 Å². The molecule has 2 N–H and O–H groups in total. The first-order valence-corrected chi connectivity index (χ1v) is 6.00. The summed E-state index contributed by atoms with van der Waals surface area (Å²) in [5, 5.41) is 12.3. The fourth-order valence-electron chi connectivity index (χ4n) is 1.63. The maximum atomic E-state index is 11.6. The summed E-state index contributed by atoms with van der Waals surface area (Å²) in [6, 6.07) is 0. The molecule has 0 bridgehead atoms. The van der Waals surface area contributed by atoms with Gasteiger partial charge in [0.25, 0.3) is 0 Å². The number of nitrogens with one attached hydrogen (secondary N) is 1. The zero-order valence-corrected chi connectivity index (χ0v) is 10.7. The molecule has 96 valence electrons. The highest BCUT2D eigenvalue weighted by molar-refractivity contribution is 5.80. The van der Waals surface area contributed by atoms with E-state index in [4.69, 9.17) is 0 Å². The average molecular weight is 239 g/mol. The summed E-state index contributed by atoms with van der Waals surface area (Å²) in [5.74, 6) is 0.773. The van der Waals surface area contributed by atoms with Crippen LogP contribution in [0.5, 0.6) is 0 Å². The lowest BCUT2D eigenvalue weighted by molar-refractivity contribution is -0.130. The Morgan fingerprint density at radius 1 is 1.59 bits per heavy atom. The molecule has 0 fully saturated rings. The van der Waals surface area contributed by atoms with Gasteiger partial charge in [-0.05, 0) is 19.3 Å². The highest BCUT2D eigenvalue weighted by atomic mass is 16.3. The van der Waals surface area contributed by atoms with Crippen LogP contribution in [0.3, 0.4) is 0 Å². The summed E-state index contributed by atoms with van der Waals surface area (Å²) >= 11 is 0. The average Bonchev–Trinajstić information content (AvgIpc) is 2.72. The van der Waals surface area contributed by atoms with E-state index in [1.807, 2.05) is 31.5 Å². The van der Waals surface area contributed by atoms with Crippen molar-refractivity contribution in [2.75, 3.05) is 0 Å². The minimum Gasteiger partial charge on any atom is -0.383 e. The summed E-state index contributed by atoms with van der Waals surface area (Å²) in [6.07, 6.45) is 3.12. The third-order valence-electron chi connectivity index (χ3n) is 2.56. The summed E-state index contributed by atoms with van der Waals surface area (Å²) in [5.41, 5.74) is 0. The molecular weight excluding hydrogens is 218 g/mol. The monoisotopic (exact) mass is 239 g/mol. The van der Waals surface area contributed by atoms with Crippen molar-refractivity contribution in [3.05, 3.63) is 18.2 Å². The Bertz CT molecular complexity index is 360. The number of rotatable bonds is 6. The minimum absolute atomic E-state index is 0.299. The van der Waals surface area contributed by atoms with Gasteiger partial charge in [0.1, 0.15) is 11.9 Å².